The Morgan fingerprint density at radius 2 is 1.70 bits per heavy atom. The fourth-order valence-corrected chi connectivity index (χ4v) is 4.62. The van der Waals surface area contributed by atoms with Gasteiger partial charge in [-0.05, 0) is 42.8 Å². The van der Waals surface area contributed by atoms with Gasteiger partial charge in [-0.15, -0.1) is 0 Å². The Bertz CT molecular complexity index is 803. The first-order chi connectivity index (χ1) is 11.0. The van der Waals surface area contributed by atoms with Crippen LogP contribution in [0.2, 0.25) is 5.02 Å². The van der Waals surface area contributed by atoms with E-state index in [-0.39, 0.29) is 23.5 Å². The van der Waals surface area contributed by atoms with E-state index in [1.54, 1.807) is 53.4 Å². The Morgan fingerprint density at radius 1 is 1.04 bits per heavy atom. The lowest BCUT2D eigenvalue weighted by Crippen LogP contribution is -2.41. The molecule has 0 bridgehead atoms. The molecular weight excluding hydrogens is 334 g/mol. The summed E-state index contributed by atoms with van der Waals surface area (Å²) in [5.74, 6) is -0.0899. The van der Waals surface area contributed by atoms with Crippen molar-refractivity contribution in [1.29, 1.82) is 0 Å². The van der Waals surface area contributed by atoms with Gasteiger partial charge in [0.1, 0.15) is 0 Å². The Hall–Kier alpha value is -1.85. The summed E-state index contributed by atoms with van der Waals surface area (Å²) < 4.78 is 23.7. The van der Waals surface area contributed by atoms with Gasteiger partial charge in [-0.25, -0.2) is 8.42 Å². The fraction of sp³-hybridized carbons (Fsp3) is 0.235. The molecule has 1 fully saturated rings. The summed E-state index contributed by atoms with van der Waals surface area (Å²) >= 11 is 5.92. The number of amides is 1. The minimum Gasteiger partial charge on any atom is -0.304 e. The smallest absolute Gasteiger partial charge is 0.258 e. The van der Waals surface area contributed by atoms with E-state index in [0.29, 0.717) is 22.7 Å². The number of carbonyl (C=O) groups is 1. The summed E-state index contributed by atoms with van der Waals surface area (Å²) in [5.41, 5.74) is 1.19. The summed E-state index contributed by atoms with van der Waals surface area (Å²) in [6, 6.07) is 15.4. The Kier molecular flexibility index (Phi) is 4.41. The van der Waals surface area contributed by atoms with Crippen LogP contribution >= 0.6 is 11.6 Å². The van der Waals surface area contributed by atoms with Gasteiger partial charge in [-0.3, -0.25) is 4.79 Å². The molecule has 0 aromatic heterocycles. The second-order valence-corrected chi connectivity index (χ2v) is 8.24. The van der Waals surface area contributed by atoms with Crippen molar-refractivity contribution in [1.82, 2.24) is 0 Å². The van der Waals surface area contributed by atoms with Crippen molar-refractivity contribution in [3.05, 3.63) is 65.2 Å². The molecule has 1 saturated heterocycles. The number of sulfone groups is 1. The molecule has 120 valence electrons. The van der Waals surface area contributed by atoms with Crippen LogP contribution in [0.15, 0.2) is 54.6 Å². The molecule has 1 heterocycles. The molecule has 0 radical (unpaired) electrons. The molecule has 3 rings (SSSR count). The van der Waals surface area contributed by atoms with Crippen molar-refractivity contribution >= 4 is 33.0 Å². The molecule has 6 heteroatoms. The van der Waals surface area contributed by atoms with Crippen molar-refractivity contribution in [2.24, 2.45) is 0 Å². The molecule has 4 nitrogen and oxygen atoms in total. The third-order valence-corrected chi connectivity index (χ3v) is 5.92. The average Bonchev–Trinajstić information content (AvgIpc) is 2.90. The standard InChI is InChI=1S/C17H16ClNO3S/c18-14-6-8-15(9-7-14)19(16-10-11-23(21,22)12-16)17(20)13-4-2-1-3-5-13/h1-9,16H,10-12H2/t16-/m0/s1. The van der Waals surface area contributed by atoms with E-state index >= 15 is 0 Å². The van der Waals surface area contributed by atoms with Crippen LogP contribution in [0, 0.1) is 0 Å². The Labute approximate surface area is 140 Å². The predicted octanol–water partition coefficient (Wildman–Crippen LogP) is 3.17. The first-order valence-corrected chi connectivity index (χ1v) is 9.51. The van der Waals surface area contributed by atoms with E-state index in [1.807, 2.05) is 6.07 Å². The van der Waals surface area contributed by atoms with Gasteiger partial charge in [-0.1, -0.05) is 29.8 Å². The molecule has 0 saturated carbocycles. The van der Waals surface area contributed by atoms with E-state index in [2.05, 4.69) is 0 Å². The van der Waals surface area contributed by atoms with Gasteiger partial charge in [0, 0.05) is 16.3 Å². The van der Waals surface area contributed by atoms with Gasteiger partial charge in [0.15, 0.2) is 9.84 Å². The minimum atomic E-state index is -3.09. The van der Waals surface area contributed by atoms with Crippen molar-refractivity contribution in [2.45, 2.75) is 12.5 Å². The zero-order chi connectivity index (χ0) is 16.4. The fourth-order valence-electron chi connectivity index (χ4n) is 2.79. The quantitative estimate of drug-likeness (QED) is 0.855. The number of rotatable bonds is 3. The molecule has 0 unspecified atom stereocenters. The number of anilines is 1. The molecule has 0 N–H and O–H groups in total. The highest BCUT2D eigenvalue weighted by Crippen LogP contribution is 2.27. The Morgan fingerprint density at radius 3 is 2.26 bits per heavy atom. The van der Waals surface area contributed by atoms with Crippen LogP contribution in [-0.2, 0) is 9.84 Å². The highest BCUT2D eigenvalue weighted by Gasteiger charge is 2.35. The topological polar surface area (TPSA) is 54.5 Å². The molecule has 2 aromatic carbocycles. The molecule has 0 spiro atoms. The lowest BCUT2D eigenvalue weighted by atomic mass is 10.1. The molecule has 1 atom stereocenters. The van der Waals surface area contributed by atoms with Crippen molar-refractivity contribution in [3.8, 4) is 0 Å². The largest absolute Gasteiger partial charge is 0.304 e. The monoisotopic (exact) mass is 349 g/mol. The first-order valence-electron chi connectivity index (χ1n) is 7.31. The van der Waals surface area contributed by atoms with Crippen LogP contribution in [0.25, 0.3) is 0 Å². The summed E-state index contributed by atoms with van der Waals surface area (Å²) in [5, 5.41) is 0.569. The van der Waals surface area contributed by atoms with Gasteiger partial charge in [0.05, 0.1) is 17.5 Å². The van der Waals surface area contributed by atoms with Crippen molar-refractivity contribution in [2.75, 3.05) is 16.4 Å². The lowest BCUT2D eigenvalue weighted by Gasteiger charge is -2.28. The number of carbonyl (C=O) groups excluding carboxylic acids is 1. The summed E-state index contributed by atoms with van der Waals surface area (Å²) in [6.45, 7) is 0. The second-order valence-electron chi connectivity index (χ2n) is 5.57. The maximum Gasteiger partial charge on any atom is 0.258 e. The van der Waals surface area contributed by atoms with Crippen LogP contribution in [0.5, 0.6) is 0 Å². The summed E-state index contributed by atoms with van der Waals surface area (Å²) in [4.78, 5) is 14.5. The van der Waals surface area contributed by atoms with Crippen LogP contribution in [0.3, 0.4) is 0 Å². The summed E-state index contributed by atoms with van der Waals surface area (Å²) in [7, 11) is -3.09. The molecule has 0 aliphatic carbocycles. The van der Waals surface area contributed by atoms with Gasteiger partial charge >= 0.3 is 0 Å². The molecule has 1 aliphatic heterocycles. The third-order valence-electron chi connectivity index (χ3n) is 3.92. The predicted molar refractivity (Wildman–Crippen MR) is 91.8 cm³/mol. The van der Waals surface area contributed by atoms with E-state index in [0.717, 1.165) is 0 Å². The summed E-state index contributed by atoms with van der Waals surface area (Å²) in [6.07, 6.45) is 0.448. The van der Waals surface area contributed by atoms with Crippen LogP contribution in [0.1, 0.15) is 16.8 Å². The Balaban J connectivity index is 2.00. The van der Waals surface area contributed by atoms with Crippen molar-refractivity contribution in [3.63, 3.8) is 0 Å². The molecule has 1 amide bonds. The molecule has 2 aromatic rings. The van der Waals surface area contributed by atoms with Gasteiger partial charge in [0.2, 0.25) is 0 Å². The van der Waals surface area contributed by atoms with E-state index in [9.17, 15) is 13.2 Å². The van der Waals surface area contributed by atoms with E-state index in [4.69, 9.17) is 11.6 Å². The van der Waals surface area contributed by atoms with Crippen molar-refractivity contribution < 1.29 is 13.2 Å². The maximum absolute atomic E-state index is 12.9. The highest BCUT2D eigenvalue weighted by molar-refractivity contribution is 7.91. The maximum atomic E-state index is 12.9. The van der Waals surface area contributed by atoms with E-state index < -0.39 is 9.84 Å². The second kappa shape index (κ2) is 6.34. The van der Waals surface area contributed by atoms with Gasteiger partial charge in [-0.2, -0.15) is 0 Å². The number of benzene rings is 2. The molecule has 23 heavy (non-hydrogen) atoms. The van der Waals surface area contributed by atoms with Crippen LogP contribution in [-0.4, -0.2) is 31.9 Å². The lowest BCUT2D eigenvalue weighted by molar-refractivity contribution is 0.0979. The third kappa shape index (κ3) is 3.57. The number of hydrogen-bond acceptors (Lipinski definition) is 3. The zero-order valence-electron chi connectivity index (χ0n) is 12.4. The normalized spacial score (nSPS) is 19.4. The zero-order valence-corrected chi connectivity index (χ0v) is 13.9. The number of halogens is 1. The molecular formula is C17H16ClNO3S. The van der Waals surface area contributed by atoms with E-state index in [1.165, 1.54) is 0 Å². The minimum absolute atomic E-state index is 0.00575. The van der Waals surface area contributed by atoms with Crippen LogP contribution < -0.4 is 4.90 Å². The molecule has 1 aliphatic rings. The average molecular weight is 350 g/mol. The first kappa shape index (κ1) is 16.0. The number of hydrogen-bond donors (Lipinski definition) is 0. The highest BCUT2D eigenvalue weighted by atomic mass is 35.5. The van der Waals surface area contributed by atoms with Gasteiger partial charge < -0.3 is 4.90 Å². The SMILES string of the molecule is O=C(c1ccccc1)N(c1ccc(Cl)cc1)[C@H]1CCS(=O)(=O)C1. The van der Waals surface area contributed by atoms with Crippen LogP contribution in [0.4, 0.5) is 5.69 Å². The number of nitrogens with zero attached hydrogens (tertiary/aromatic N) is 1. The van der Waals surface area contributed by atoms with Gasteiger partial charge in [0.25, 0.3) is 5.91 Å².